The predicted molar refractivity (Wildman–Crippen MR) is 159 cm³/mol. The van der Waals surface area contributed by atoms with Crippen LogP contribution in [0, 0.1) is 25.7 Å². The van der Waals surface area contributed by atoms with E-state index in [9.17, 15) is 14.7 Å². The van der Waals surface area contributed by atoms with Crippen LogP contribution in [-0.4, -0.2) is 80.7 Å². The van der Waals surface area contributed by atoms with Gasteiger partial charge in [-0.2, -0.15) is 0 Å². The zero-order valence-electron chi connectivity index (χ0n) is 24.2. The maximum absolute atomic E-state index is 13.5. The van der Waals surface area contributed by atoms with Crippen LogP contribution in [0.2, 0.25) is 0 Å². The second-order valence-electron chi connectivity index (χ2n) is 12.3. The van der Waals surface area contributed by atoms with E-state index in [2.05, 4.69) is 69.0 Å². The normalized spacial score (nSPS) is 21.1. The molecular formula is C32H35N7O3. The van der Waals surface area contributed by atoms with E-state index in [1.807, 2.05) is 24.1 Å². The molecule has 7 rings (SSSR count). The van der Waals surface area contributed by atoms with E-state index in [0.29, 0.717) is 36.4 Å². The van der Waals surface area contributed by atoms with E-state index in [1.165, 1.54) is 17.2 Å². The molecule has 0 radical (unpaired) electrons. The Morgan fingerprint density at radius 2 is 1.69 bits per heavy atom. The number of carbonyl (C=O) groups excluding carboxylic acids is 1. The van der Waals surface area contributed by atoms with Gasteiger partial charge in [-0.15, -0.1) is 5.10 Å². The Morgan fingerprint density at radius 1 is 0.952 bits per heavy atom. The molecule has 0 saturated carbocycles. The van der Waals surface area contributed by atoms with Crippen molar-refractivity contribution in [2.75, 3.05) is 49.1 Å². The van der Waals surface area contributed by atoms with Gasteiger partial charge in [0.2, 0.25) is 5.82 Å². The highest BCUT2D eigenvalue weighted by atomic mass is 16.4. The molecule has 10 heteroatoms. The molecule has 3 aliphatic rings. The van der Waals surface area contributed by atoms with Gasteiger partial charge in [0, 0.05) is 56.5 Å². The summed E-state index contributed by atoms with van der Waals surface area (Å²) >= 11 is 0. The molecular weight excluding hydrogens is 530 g/mol. The van der Waals surface area contributed by atoms with E-state index in [0.717, 1.165) is 43.9 Å². The lowest BCUT2D eigenvalue weighted by Crippen LogP contribution is -2.59. The number of benzene rings is 1. The Morgan fingerprint density at radius 3 is 2.38 bits per heavy atom. The number of hydrogen-bond acceptors (Lipinski definition) is 7. The van der Waals surface area contributed by atoms with E-state index >= 15 is 0 Å². The van der Waals surface area contributed by atoms with Crippen molar-refractivity contribution < 1.29 is 14.7 Å². The number of aromatic carboxylic acids is 1. The number of carbonyl (C=O) groups is 2. The second kappa shape index (κ2) is 9.82. The third-order valence-corrected chi connectivity index (χ3v) is 9.50. The van der Waals surface area contributed by atoms with Crippen LogP contribution in [0.25, 0.3) is 5.65 Å². The number of rotatable bonds is 6. The quantitative estimate of drug-likeness (QED) is 0.376. The van der Waals surface area contributed by atoms with Crippen LogP contribution in [0.4, 0.5) is 11.5 Å². The zero-order chi connectivity index (χ0) is 29.2. The molecule has 1 aromatic carbocycles. The molecule has 10 nitrogen and oxygen atoms in total. The molecule has 1 amide bonds. The topological polar surface area (TPSA) is 107 Å². The molecule has 0 bridgehead atoms. The number of hydrogen-bond donors (Lipinski definition) is 1. The molecule has 3 saturated heterocycles. The number of aryl methyl sites for hydroxylation is 2. The van der Waals surface area contributed by atoms with E-state index in [4.69, 9.17) is 0 Å². The molecule has 0 unspecified atom stereocenters. The monoisotopic (exact) mass is 565 g/mol. The van der Waals surface area contributed by atoms with Crippen molar-refractivity contribution in [2.24, 2.45) is 11.8 Å². The first-order valence-corrected chi connectivity index (χ1v) is 14.7. The van der Waals surface area contributed by atoms with E-state index in [-0.39, 0.29) is 22.8 Å². The molecule has 0 aliphatic carbocycles. The number of carboxylic acid groups (broad SMARTS) is 1. The third-order valence-electron chi connectivity index (χ3n) is 9.50. The Hall–Kier alpha value is -4.47. The fourth-order valence-electron chi connectivity index (χ4n) is 7.05. The number of aromatic nitrogens is 4. The van der Waals surface area contributed by atoms with Crippen LogP contribution in [0.15, 0.2) is 54.7 Å². The first-order chi connectivity index (χ1) is 20.2. The van der Waals surface area contributed by atoms with Crippen molar-refractivity contribution in [1.82, 2.24) is 24.5 Å². The van der Waals surface area contributed by atoms with Crippen molar-refractivity contribution in [3.8, 4) is 0 Å². The van der Waals surface area contributed by atoms with Crippen molar-refractivity contribution in [2.45, 2.75) is 32.6 Å². The molecule has 42 heavy (non-hydrogen) atoms. The van der Waals surface area contributed by atoms with Gasteiger partial charge in [-0.25, -0.2) is 19.3 Å². The molecule has 3 aliphatic heterocycles. The number of pyridine rings is 2. The van der Waals surface area contributed by atoms with Gasteiger partial charge in [0.1, 0.15) is 5.82 Å². The summed E-state index contributed by atoms with van der Waals surface area (Å²) in [4.78, 5) is 40.2. The number of likely N-dealkylation sites (tertiary alicyclic amines) is 1. The first-order valence-electron chi connectivity index (χ1n) is 14.7. The van der Waals surface area contributed by atoms with E-state index in [1.54, 1.807) is 10.6 Å². The highest BCUT2D eigenvalue weighted by Gasteiger charge is 2.44. The summed E-state index contributed by atoms with van der Waals surface area (Å²) in [5.74, 6) is 0.333. The second-order valence-corrected chi connectivity index (χ2v) is 12.3. The molecule has 216 valence electrons. The minimum absolute atomic E-state index is 0.0443. The summed E-state index contributed by atoms with van der Waals surface area (Å²) < 4.78 is 1.76. The van der Waals surface area contributed by atoms with Gasteiger partial charge in [-0.3, -0.25) is 4.79 Å². The van der Waals surface area contributed by atoms with E-state index < -0.39 is 5.97 Å². The van der Waals surface area contributed by atoms with Gasteiger partial charge in [-0.05, 0) is 49.6 Å². The molecule has 0 spiro atoms. The molecule has 2 atom stereocenters. The minimum atomic E-state index is -1.03. The van der Waals surface area contributed by atoms with Crippen LogP contribution in [0.3, 0.4) is 0 Å². The maximum Gasteiger partial charge on any atom is 0.354 e. The van der Waals surface area contributed by atoms with Crippen molar-refractivity contribution in [3.63, 3.8) is 0 Å². The van der Waals surface area contributed by atoms with Crippen LogP contribution in [0.1, 0.15) is 51.1 Å². The number of carboxylic acids is 1. The number of nitrogens with zero attached hydrogens (tertiary/aromatic N) is 7. The van der Waals surface area contributed by atoms with Crippen LogP contribution in [-0.2, 0) is 5.41 Å². The SMILES string of the molecule is CCC1(c2cccc(C)c2)CN(c2cc(C)c3nc(C(=O)N4C[C@@H]5CN(c6cccc(C(=O)O)n6)C[C@@H]5C4)nn3c2)C1. The van der Waals surface area contributed by atoms with Gasteiger partial charge in [0.15, 0.2) is 11.3 Å². The van der Waals surface area contributed by atoms with Crippen LogP contribution < -0.4 is 9.80 Å². The van der Waals surface area contributed by atoms with Gasteiger partial charge in [-0.1, -0.05) is 42.8 Å². The van der Waals surface area contributed by atoms with Gasteiger partial charge in [0.05, 0.1) is 11.9 Å². The Kier molecular flexibility index (Phi) is 6.18. The zero-order valence-corrected chi connectivity index (χ0v) is 24.2. The Labute approximate surface area is 244 Å². The molecule has 3 fully saturated rings. The smallest absolute Gasteiger partial charge is 0.354 e. The number of anilines is 2. The molecule has 3 aromatic heterocycles. The van der Waals surface area contributed by atoms with Crippen molar-refractivity contribution >= 4 is 29.0 Å². The fraction of sp³-hybridized carbons (Fsp3) is 0.406. The lowest BCUT2D eigenvalue weighted by molar-refractivity contribution is 0.0689. The summed E-state index contributed by atoms with van der Waals surface area (Å²) in [6.07, 6.45) is 3.08. The molecule has 1 N–H and O–H groups in total. The molecule has 6 heterocycles. The van der Waals surface area contributed by atoms with Crippen molar-refractivity contribution in [3.05, 3.63) is 82.9 Å². The predicted octanol–water partition coefficient (Wildman–Crippen LogP) is 3.82. The fourth-order valence-corrected chi connectivity index (χ4v) is 7.05. The summed E-state index contributed by atoms with van der Waals surface area (Å²) in [6, 6.07) is 16.1. The Bertz CT molecular complexity index is 1700. The lowest BCUT2D eigenvalue weighted by atomic mass is 9.71. The minimum Gasteiger partial charge on any atom is -0.477 e. The summed E-state index contributed by atoms with van der Waals surface area (Å²) in [7, 11) is 0. The average molecular weight is 566 g/mol. The standard InChI is InChI=1S/C32H35N7O3/c1-4-32(24-8-5-7-20(2)11-24)18-38(19-32)25-12-21(3)29-34-28(35-39(29)17-25)30(40)37-15-22-13-36(14-23(22)16-37)27-10-6-9-26(33-27)31(41)42/h5-12,17,22-23H,4,13-16,18-19H2,1-3H3,(H,41,42)/t22-,23+. The maximum atomic E-state index is 13.5. The molecule has 4 aromatic rings. The van der Waals surface area contributed by atoms with Crippen molar-refractivity contribution in [1.29, 1.82) is 0 Å². The third kappa shape index (κ3) is 4.36. The van der Waals surface area contributed by atoms with Crippen LogP contribution in [0.5, 0.6) is 0 Å². The highest BCUT2D eigenvalue weighted by Crippen LogP contribution is 2.41. The number of fused-ring (bicyclic) bond motifs is 2. The lowest BCUT2D eigenvalue weighted by Gasteiger charge is -2.51. The van der Waals surface area contributed by atoms with Gasteiger partial charge >= 0.3 is 5.97 Å². The summed E-state index contributed by atoms with van der Waals surface area (Å²) in [6.45, 7) is 11.1. The largest absolute Gasteiger partial charge is 0.477 e. The number of amides is 1. The summed E-state index contributed by atoms with van der Waals surface area (Å²) in [5, 5.41) is 13.9. The Balaban J connectivity index is 1.04. The first kappa shape index (κ1) is 26.4. The van der Waals surface area contributed by atoms with Gasteiger partial charge < -0.3 is 19.8 Å². The van der Waals surface area contributed by atoms with Gasteiger partial charge in [0.25, 0.3) is 5.91 Å². The summed E-state index contributed by atoms with van der Waals surface area (Å²) in [5.41, 5.74) is 5.68. The highest BCUT2D eigenvalue weighted by molar-refractivity contribution is 5.91. The average Bonchev–Trinajstić information content (AvgIpc) is 3.67. The van der Waals surface area contributed by atoms with Crippen LogP contribution >= 0.6 is 0 Å².